The number of carbonyl (C=O) groups excluding carboxylic acids is 1. The number of aryl methyl sites for hydroxylation is 2. The maximum atomic E-state index is 12.1. The molecule has 0 radical (unpaired) electrons. The summed E-state index contributed by atoms with van der Waals surface area (Å²) in [6, 6.07) is 6.04. The smallest absolute Gasteiger partial charge is 0.273 e. The van der Waals surface area contributed by atoms with Crippen molar-refractivity contribution in [2.24, 2.45) is 0 Å². The monoisotopic (exact) mass is 324 g/mol. The van der Waals surface area contributed by atoms with Crippen LogP contribution in [0.15, 0.2) is 39.8 Å². The number of hydrogen-bond acceptors (Lipinski definition) is 6. The maximum Gasteiger partial charge on any atom is 0.273 e. The Morgan fingerprint density at radius 3 is 3.08 bits per heavy atom. The Morgan fingerprint density at radius 2 is 2.33 bits per heavy atom. The summed E-state index contributed by atoms with van der Waals surface area (Å²) in [5.41, 5.74) is 3.54. The van der Waals surface area contributed by atoms with Gasteiger partial charge in [0.2, 0.25) is 11.7 Å². The van der Waals surface area contributed by atoms with E-state index in [0.29, 0.717) is 23.8 Å². The van der Waals surface area contributed by atoms with Gasteiger partial charge in [-0.1, -0.05) is 24.2 Å². The minimum atomic E-state index is -0.226. The molecule has 1 N–H and O–H groups in total. The lowest BCUT2D eigenvalue weighted by molar-refractivity contribution is 0.0931. The highest BCUT2D eigenvalue weighted by Crippen LogP contribution is 2.33. The van der Waals surface area contributed by atoms with Gasteiger partial charge in [0.25, 0.3) is 5.91 Å². The van der Waals surface area contributed by atoms with Gasteiger partial charge >= 0.3 is 0 Å². The highest BCUT2D eigenvalue weighted by molar-refractivity contribution is 5.92. The Hall–Kier alpha value is -2.96. The fourth-order valence-corrected chi connectivity index (χ4v) is 2.98. The highest BCUT2D eigenvalue weighted by atomic mass is 16.5. The van der Waals surface area contributed by atoms with Gasteiger partial charge in [-0.3, -0.25) is 4.79 Å². The van der Waals surface area contributed by atoms with Crippen LogP contribution in [0.4, 0.5) is 0 Å². The second-order valence-corrected chi connectivity index (χ2v) is 5.72. The van der Waals surface area contributed by atoms with E-state index in [1.54, 1.807) is 0 Å². The van der Waals surface area contributed by atoms with E-state index in [1.165, 1.54) is 18.2 Å². The van der Waals surface area contributed by atoms with E-state index in [0.717, 1.165) is 24.0 Å². The first-order valence-electron chi connectivity index (χ1n) is 7.89. The summed E-state index contributed by atoms with van der Waals surface area (Å²) >= 11 is 0. The molecule has 0 bridgehead atoms. The summed E-state index contributed by atoms with van der Waals surface area (Å²) in [7, 11) is 0. The Balaban J connectivity index is 1.55. The zero-order valence-corrected chi connectivity index (χ0v) is 13.2. The van der Waals surface area contributed by atoms with Crippen LogP contribution >= 0.6 is 0 Å². The molecule has 0 saturated carbocycles. The van der Waals surface area contributed by atoms with E-state index in [4.69, 9.17) is 8.94 Å². The topological polar surface area (TPSA) is 94.1 Å². The Morgan fingerprint density at radius 1 is 1.42 bits per heavy atom. The molecule has 1 unspecified atom stereocenters. The van der Waals surface area contributed by atoms with Crippen molar-refractivity contribution in [1.29, 1.82) is 0 Å². The lowest BCUT2D eigenvalue weighted by Gasteiger charge is -2.13. The average Bonchev–Trinajstić information content (AvgIpc) is 3.35. The molecule has 1 aliphatic carbocycles. The van der Waals surface area contributed by atoms with Crippen LogP contribution < -0.4 is 5.32 Å². The molecular weight excluding hydrogens is 308 g/mol. The molecule has 0 fully saturated rings. The Bertz CT molecular complexity index is 870. The molecule has 2 aromatic heterocycles. The minimum Gasteiger partial charge on any atom is -0.451 e. The number of hydrogen-bond donors (Lipinski definition) is 1. The molecular formula is C17H16N4O3. The molecule has 1 aromatic carbocycles. The molecule has 4 rings (SSSR count). The van der Waals surface area contributed by atoms with Crippen LogP contribution in [0.2, 0.25) is 0 Å². The van der Waals surface area contributed by atoms with E-state index in [-0.39, 0.29) is 11.9 Å². The number of benzene rings is 1. The van der Waals surface area contributed by atoms with Crippen LogP contribution in [0.25, 0.3) is 11.4 Å². The summed E-state index contributed by atoms with van der Waals surface area (Å²) in [6.07, 6.45) is 5.06. The third-order valence-corrected chi connectivity index (χ3v) is 4.22. The molecule has 0 saturated heterocycles. The van der Waals surface area contributed by atoms with Gasteiger partial charge in [-0.25, -0.2) is 4.98 Å². The van der Waals surface area contributed by atoms with Gasteiger partial charge in [0.1, 0.15) is 6.26 Å². The van der Waals surface area contributed by atoms with Crippen molar-refractivity contribution < 1.29 is 13.7 Å². The van der Waals surface area contributed by atoms with E-state index >= 15 is 0 Å². The minimum absolute atomic E-state index is 0.0188. The molecule has 1 amide bonds. The lowest BCUT2D eigenvalue weighted by atomic mass is 10.0. The van der Waals surface area contributed by atoms with Crippen LogP contribution in [0.1, 0.15) is 46.9 Å². The first-order valence-corrected chi connectivity index (χ1v) is 7.89. The average molecular weight is 324 g/mol. The Kier molecular flexibility index (Phi) is 3.60. The standard InChI is InChI=1S/C17H16N4O3/c1-2-15-20-16(21-24-15)11-3-5-12-10(7-11)4-6-13(12)19-17(22)14-8-23-9-18-14/h3,5,7-9,13H,2,4,6H2,1H3,(H,19,22). The van der Waals surface area contributed by atoms with E-state index in [9.17, 15) is 4.79 Å². The normalized spacial score (nSPS) is 16.1. The molecule has 3 aromatic rings. The SMILES string of the molecule is CCc1nc(-c2ccc3c(c2)CCC3NC(=O)c2cocn2)no1. The van der Waals surface area contributed by atoms with Crippen LogP contribution in [-0.2, 0) is 12.8 Å². The van der Waals surface area contributed by atoms with E-state index in [1.807, 2.05) is 19.1 Å². The summed E-state index contributed by atoms with van der Waals surface area (Å²) in [5.74, 6) is 1.00. The third kappa shape index (κ3) is 2.58. The fraction of sp³-hybridized carbons (Fsp3) is 0.294. The van der Waals surface area contributed by atoms with Crippen LogP contribution in [0.3, 0.4) is 0 Å². The molecule has 1 aliphatic rings. The number of carbonyl (C=O) groups is 1. The summed E-state index contributed by atoms with van der Waals surface area (Å²) < 4.78 is 10.0. The van der Waals surface area contributed by atoms with E-state index in [2.05, 4.69) is 26.5 Å². The van der Waals surface area contributed by atoms with Crippen LogP contribution in [-0.4, -0.2) is 21.0 Å². The van der Waals surface area contributed by atoms with Crippen molar-refractivity contribution in [3.05, 3.63) is 53.6 Å². The molecule has 1 atom stereocenters. The molecule has 7 nitrogen and oxygen atoms in total. The summed E-state index contributed by atoms with van der Waals surface area (Å²) in [4.78, 5) is 20.4. The van der Waals surface area contributed by atoms with Crippen LogP contribution in [0, 0.1) is 0 Å². The quantitative estimate of drug-likeness (QED) is 0.793. The van der Waals surface area contributed by atoms with Gasteiger partial charge in [-0.05, 0) is 30.0 Å². The number of aromatic nitrogens is 3. The van der Waals surface area contributed by atoms with Gasteiger partial charge in [-0.2, -0.15) is 4.98 Å². The van der Waals surface area contributed by atoms with Gasteiger partial charge in [-0.15, -0.1) is 0 Å². The predicted octanol–water partition coefficient (Wildman–Crippen LogP) is 2.70. The van der Waals surface area contributed by atoms with Gasteiger partial charge < -0.3 is 14.3 Å². The number of nitrogens with one attached hydrogen (secondary N) is 1. The van der Waals surface area contributed by atoms with Gasteiger partial charge in [0.05, 0.1) is 6.04 Å². The van der Waals surface area contributed by atoms with Crippen molar-refractivity contribution >= 4 is 5.91 Å². The first-order chi connectivity index (χ1) is 11.7. The van der Waals surface area contributed by atoms with Crippen molar-refractivity contribution in [2.45, 2.75) is 32.2 Å². The second-order valence-electron chi connectivity index (χ2n) is 5.72. The number of fused-ring (bicyclic) bond motifs is 1. The zero-order chi connectivity index (χ0) is 16.5. The largest absolute Gasteiger partial charge is 0.451 e. The lowest BCUT2D eigenvalue weighted by Crippen LogP contribution is -2.27. The molecule has 24 heavy (non-hydrogen) atoms. The van der Waals surface area contributed by atoms with Crippen molar-refractivity contribution in [3.8, 4) is 11.4 Å². The van der Waals surface area contributed by atoms with Gasteiger partial charge in [0.15, 0.2) is 12.1 Å². The first kappa shape index (κ1) is 14.6. The van der Waals surface area contributed by atoms with Crippen LogP contribution in [0.5, 0.6) is 0 Å². The van der Waals surface area contributed by atoms with Crippen molar-refractivity contribution in [1.82, 2.24) is 20.4 Å². The number of nitrogens with zero attached hydrogens (tertiary/aromatic N) is 3. The molecule has 122 valence electrons. The molecule has 0 aliphatic heterocycles. The number of rotatable bonds is 4. The summed E-state index contributed by atoms with van der Waals surface area (Å²) in [5, 5.41) is 7.01. The highest BCUT2D eigenvalue weighted by Gasteiger charge is 2.25. The zero-order valence-electron chi connectivity index (χ0n) is 13.2. The Labute approximate surface area is 138 Å². The number of amides is 1. The number of oxazole rings is 1. The molecule has 0 spiro atoms. The molecule has 2 heterocycles. The maximum absolute atomic E-state index is 12.1. The predicted molar refractivity (Wildman–Crippen MR) is 84.1 cm³/mol. The molecule has 7 heteroatoms. The summed E-state index contributed by atoms with van der Waals surface area (Å²) in [6.45, 7) is 1.97. The fourth-order valence-electron chi connectivity index (χ4n) is 2.98. The third-order valence-electron chi connectivity index (χ3n) is 4.22. The van der Waals surface area contributed by atoms with Crippen molar-refractivity contribution in [3.63, 3.8) is 0 Å². The van der Waals surface area contributed by atoms with Gasteiger partial charge in [0, 0.05) is 12.0 Å². The second kappa shape index (κ2) is 5.92. The van der Waals surface area contributed by atoms with Crippen molar-refractivity contribution in [2.75, 3.05) is 0 Å². The van der Waals surface area contributed by atoms with E-state index < -0.39 is 0 Å².